The second-order valence-electron chi connectivity index (χ2n) is 2.95. The van der Waals surface area contributed by atoms with E-state index in [4.69, 9.17) is 20.5 Å². The maximum absolute atomic E-state index is 9.32. The SMILES string of the molecule is [N-]=[N+]=NC[C@H]1OC(O)[C@@H](O)[C@H](O)[C@@H]1O. The summed E-state index contributed by atoms with van der Waals surface area (Å²) in [6.07, 6.45) is -7.07. The van der Waals surface area contributed by atoms with E-state index in [0.717, 1.165) is 0 Å². The summed E-state index contributed by atoms with van der Waals surface area (Å²) in [6, 6.07) is 0. The molecule has 14 heavy (non-hydrogen) atoms. The third-order valence-corrected chi connectivity index (χ3v) is 2.01. The highest BCUT2D eigenvalue weighted by Crippen LogP contribution is 2.19. The second kappa shape index (κ2) is 4.56. The molecule has 8 nitrogen and oxygen atoms in total. The van der Waals surface area contributed by atoms with Gasteiger partial charge in [-0.1, -0.05) is 5.11 Å². The normalized spacial score (nSPS) is 43.0. The van der Waals surface area contributed by atoms with Crippen LogP contribution in [0.1, 0.15) is 0 Å². The number of rotatable bonds is 2. The van der Waals surface area contributed by atoms with Gasteiger partial charge in [-0.15, -0.1) is 0 Å². The van der Waals surface area contributed by atoms with Crippen LogP contribution in [0.3, 0.4) is 0 Å². The van der Waals surface area contributed by atoms with Crippen LogP contribution < -0.4 is 0 Å². The zero-order valence-corrected chi connectivity index (χ0v) is 7.13. The summed E-state index contributed by atoms with van der Waals surface area (Å²) in [7, 11) is 0. The van der Waals surface area contributed by atoms with Crippen LogP contribution in [0.2, 0.25) is 0 Å². The van der Waals surface area contributed by atoms with Crippen molar-refractivity contribution in [2.45, 2.75) is 30.7 Å². The van der Waals surface area contributed by atoms with Gasteiger partial charge in [0.05, 0.1) is 12.6 Å². The Labute approximate surface area is 79.0 Å². The quantitative estimate of drug-likeness (QED) is 0.237. The summed E-state index contributed by atoms with van der Waals surface area (Å²) in [4.78, 5) is 2.44. The highest BCUT2D eigenvalue weighted by atomic mass is 16.6. The zero-order valence-electron chi connectivity index (χ0n) is 7.13. The van der Waals surface area contributed by atoms with Gasteiger partial charge in [0.25, 0.3) is 0 Å². The molecule has 1 aliphatic heterocycles. The predicted molar refractivity (Wildman–Crippen MR) is 42.9 cm³/mol. The van der Waals surface area contributed by atoms with Crippen molar-refractivity contribution in [2.75, 3.05) is 6.54 Å². The highest BCUT2D eigenvalue weighted by molar-refractivity contribution is 4.89. The summed E-state index contributed by atoms with van der Waals surface area (Å²) in [6.45, 7) is -0.224. The Morgan fingerprint density at radius 3 is 2.36 bits per heavy atom. The molecular formula is C6H11N3O5. The minimum absolute atomic E-state index is 0.224. The first-order chi connectivity index (χ1) is 6.57. The van der Waals surface area contributed by atoms with E-state index in [2.05, 4.69) is 10.0 Å². The maximum Gasteiger partial charge on any atom is 0.183 e. The molecule has 1 fully saturated rings. The second-order valence-corrected chi connectivity index (χ2v) is 2.95. The largest absolute Gasteiger partial charge is 0.388 e. The fourth-order valence-corrected chi connectivity index (χ4v) is 1.20. The lowest BCUT2D eigenvalue weighted by atomic mass is 9.99. The first-order valence-corrected chi connectivity index (χ1v) is 3.96. The van der Waals surface area contributed by atoms with Crippen molar-refractivity contribution in [3.05, 3.63) is 10.4 Å². The summed E-state index contributed by atoms with van der Waals surface area (Å²) < 4.78 is 4.71. The average Bonchev–Trinajstić information content (AvgIpc) is 2.18. The molecule has 1 aliphatic rings. The molecule has 1 unspecified atom stereocenters. The molecule has 1 heterocycles. The van der Waals surface area contributed by atoms with Gasteiger partial charge in [0.2, 0.25) is 0 Å². The van der Waals surface area contributed by atoms with Gasteiger partial charge in [-0.2, -0.15) is 0 Å². The summed E-state index contributed by atoms with van der Waals surface area (Å²) in [5.74, 6) is 0. The van der Waals surface area contributed by atoms with E-state index in [1.165, 1.54) is 0 Å². The molecule has 5 atom stereocenters. The van der Waals surface area contributed by atoms with Crippen LogP contribution in [0.5, 0.6) is 0 Å². The Morgan fingerprint density at radius 2 is 1.79 bits per heavy atom. The molecule has 0 radical (unpaired) electrons. The fourth-order valence-electron chi connectivity index (χ4n) is 1.20. The Hall–Kier alpha value is -0.890. The van der Waals surface area contributed by atoms with E-state index in [-0.39, 0.29) is 6.54 Å². The maximum atomic E-state index is 9.32. The van der Waals surface area contributed by atoms with Gasteiger partial charge < -0.3 is 25.2 Å². The average molecular weight is 205 g/mol. The van der Waals surface area contributed by atoms with Gasteiger partial charge in [0.1, 0.15) is 18.3 Å². The lowest BCUT2D eigenvalue weighted by molar-refractivity contribution is -0.279. The number of azide groups is 1. The van der Waals surface area contributed by atoms with E-state index in [1.54, 1.807) is 0 Å². The first-order valence-electron chi connectivity index (χ1n) is 3.96. The predicted octanol–water partition coefficient (Wildman–Crippen LogP) is -1.90. The van der Waals surface area contributed by atoms with E-state index < -0.39 is 30.7 Å². The third kappa shape index (κ3) is 2.13. The van der Waals surface area contributed by atoms with Crippen LogP contribution in [0.25, 0.3) is 10.4 Å². The van der Waals surface area contributed by atoms with E-state index >= 15 is 0 Å². The highest BCUT2D eigenvalue weighted by Gasteiger charge is 2.42. The summed E-state index contributed by atoms with van der Waals surface area (Å²) >= 11 is 0. The molecule has 0 aliphatic carbocycles. The van der Waals surface area contributed by atoms with Gasteiger partial charge >= 0.3 is 0 Å². The van der Waals surface area contributed by atoms with Gasteiger partial charge in [0.15, 0.2) is 6.29 Å². The molecule has 8 heteroatoms. The van der Waals surface area contributed by atoms with Crippen LogP contribution in [-0.2, 0) is 4.74 Å². The van der Waals surface area contributed by atoms with Crippen molar-refractivity contribution in [3.63, 3.8) is 0 Å². The summed E-state index contributed by atoms with van der Waals surface area (Å²) in [5.41, 5.74) is 8.01. The molecule has 0 aromatic heterocycles. The number of nitrogens with zero attached hydrogens (tertiary/aromatic N) is 3. The molecular weight excluding hydrogens is 194 g/mol. The van der Waals surface area contributed by atoms with Gasteiger partial charge in [-0.25, -0.2) is 0 Å². The molecule has 80 valence electrons. The molecule has 0 bridgehead atoms. The molecule has 0 aromatic rings. The number of ether oxygens (including phenoxy) is 1. The van der Waals surface area contributed by atoms with Crippen molar-refractivity contribution in [1.29, 1.82) is 0 Å². The number of aliphatic hydroxyl groups is 4. The standard InChI is InChI=1S/C6H11N3O5/c7-9-8-1-2-3(10)4(11)5(12)6(13)14-2/h2-6,10-13H,1H2/t2-,3-,4-,5+,6?/m1/s1. The molecule has 1 rings (SSSR count). The van der Waals surface area contributed by atoms with Crippen LogP contribution in [-0.4, -0.2) is 57.7 Å². The first kappa shape index (κ1) is 11.2. The molecule has 0 spiro atoms. The monoisotopic (exact) mass is 205 g/mol. The van der Waals surface area contributed by atoms with Gasteiger partial charge in [-0.3, -0.25) is 0 Å². The molecule has 0 saturated carbocycles. The van der Waals surface area contributed by atoms with Crippen LogP contribution in [0, 0.1) is 0 Å². The lowest BCUT2D eigenvalue weighted by Gasteiger charge is -2.37. The van der Waals surface area contributed by atoms with Gasteiger partial charge in [-0.05, 0) is 5.53 Å². The zero-order chi connectivity index (χ0) is 10.7. The van der Waals surface area contributed by atoms with Crippen molar-refractivity contribution in [1.82, 2.24) is 0 Å². The minimum atomic E-state index is -1.59. The van der Waals surface area contributed by atoms with Gasteiger partial charge in [0, 0.05) is 4.91 Å². The van der Waals surface area contributed by atoms with E-state index in [0.29, 0.717) is 0 Å². The Balaban J connectivity index is 2.64. The Kier molecular flexibility index (Phi) is 3.64. The molecule has 0 amide bonds. The van der Waals surface area contributed by atoms with Crippen LogP contribution >= 0.6 is 0 Å². The van der Waals surface area contributed by atoms with Crippen molar-refractivity contribution >= 4 is 0 Å². The van der Waals surface area contributed by atoms with Crippen LogP contribution in [0.4, 0.5) is 0 Å². The minimum Gasteiger partial charge on any atom is -0.388 e. The lowest BCUT2D eigenvalue weighted by Crippen LogP contribution is -2.58. The molecule has 0 aromatic carbocycles. The Morgan fingerprint density at radius 1 is 1.14 bits per heavy atom. The summed E-state index contributed by atoms with van der Waals surface area (Å²) in [5, 5.41) is 39.8. The van der Waals surface area contributed by atoms with Crippen molar-refractivity contribution < 1.29 is 25.2 Å². The topological polar surface area (TPSA) is 139 Å². The third-order valence-electron chi connectivity index (χ3n) is 2.01. The number of hydrogen-bond acceptors (Lipinski definition) is 6. The number of aliphatic hydroxyl groups excluding tert-OH is 4. The fraction of sp³-hybridized carbons (Fsp3) is 1.00. The van der Waals surface area contributed by atoms with E-state index in [1.807, 2.05) is 0 Å². The van der Waals surface area contributed by atoms with Crippen molar-refractivity contribution in [3.8, 4) is 0 Å². The molecule has 1 saturated heterocycles. The molecule has 4 N–H and O–H groups in total. The number of hydrogen-bond donors (Lipinski definition) is 4. The van der Waals surface area contributed by atoms with Crippen molar-refractivity contribution in [2.24, 2.45) is 5.11 Å². The Bertz CT molecular complexity index is 244. The van der Waals surface area contributed by atoms with E-state index in [9.17, 15) is 10.2 Å². The van der Waals surface area contributed by atoms with Crippen LogP contribution in [0.15, 0.2) is 5.11 Å². The smallest absolute Gasteiger partial charge is 0.183 e.